The molecule has 1 N–H and O–H groups in total. The lowest BCUT2D eigenvalue weighted by atomic mass is 9.95. The van der Waals surface area contributed by atoms with Crippen LogP contribution in [0.15, 0.2) is 24.3 Å². The smallest absolute Gasteiger partial charge is 0.223 e. The van der Waals surface area contributed by atoms with Crippen LogP contribution in [0.2, 0.25) is 5.02 Å². The summed E-state index contributed by atoms with van der Waals surface area (Å²) in [5.74, 6) is 0.449. The molecule has 1 aliphatic heterocycles. The number of rotatable bonds is 10. The molecule has 0 aliphatic carbocycles. The summed E-state index contributed by atoms with van der Waals surface area (Å²) in [6, 6.07) is 6.94. The predicted molar refractivity (Wildman–Crippen MR) is 115 cm³/mol. The van der Waals surface area contributed by atoms with Crippen LogP contribution in [0.3, 0.4) is 0 Å². The Kier molecular flexibility index (Phi) is 9.25. The first-order valence-corrected chi connectivity index (χ1v) is 12.3. The SMILES string of the molecule is CCCC[C@@H](CC)CNC(=O)C1CCN(S(=O)(=O)Cc2cccc(Cl)c2)CC1. The fraction of sp³-hybridized carbons (Fsp3) is 0.667. The average molecular weight is 429 g/mol. The van der Waals surface area contributed by atoms with Gasteiger partial charge in [-0.05, 0) is 42.9 Å². The number of benzene rings is 1. The largest absolute Gasteiger partial charge is 0.356 e. The highest BCUT2D eigenvalue weighted by Gasteiger charge is 2.31. The summed E-state index contributed by atoms with van der Waals surface area (Å²) < 4.78 is 26.9. The topological polar surface area (TPSA) is 66.5 Å². The van der Waals surface area contributed by atoms with Gasteiger partial charge in [-0.2, -0.15) is 0 Å². The molecule has 1 amide bonds. The fourth-order valence-corrected chi connectivity index (χ4v) is 5.42. The molecule has 0 bridgehead atoms. The van der Waals surface area contributed by atoms with Crippen molar-refractivity contribution in [3.8, 4) is 0 Å². The van der Waals surface area contributed by atoms with Crippen LogP contribution < -0.4 is 5.32 Å². The van der Waals surface area contributed by atoms with Crippen LogP contribution in [-0.2, 0) is 20.6 Å². The second-order valence-corrected chi connectivity index (χ2v) is 10.1. The van der Waals surface area contributed by atoms with E-state index in [1.807, 2.05) is 0 Å². The maximum Gasteiger partial charge on any atom is 0.223 e. The van der Waals surface area contributed by atoms with E-state index in [0.717, 1.165) is 19.4 Å². The Hall–Kier alpha value is -1.11. The van der Waals surface area contributed by atoms with Crippen LogP contribution in [0.5, 0.6) is 0 Å². The van der Waals surface area contributed by atoms with E-state index >= 15 is 0 Å². The number of nitrogens with one attached hydrogen (secondary N) is 1. The minimum atomic E-state index is -3.40. The second kappa shape index (κ2) is 11.2. The molecule has 1 saturated heterocycles. The van der Waals surface area contributed by atoms with Gasteiger partial charge in [-0.15, -0.1) is 0 Å². The van der Waals surface area contributed by atoms with Gasteiger partial charge in [-0.1, -0.05) is 56.8 Å². The molecule has 1 aromatic rings. The first-order chi connectivity index (χ1) is 13.4. The summed E-state index contributed by atoms with van der Waals surface area (Å²) in [5.41, 5.74) is 0.685. The Morgan fingerprint density at radius 2 is 2.00 bits per heavy atom. The number of halogens is 1. The van der Waals surface area contributed by atoms with Crippen LogP contribution in [0.25, 0.3) is 0 Å². The summed E-state index contributed by atoms with van der Waals surface area (Å²) in [6.07, 6.45) is 5.73. The Morgan fingerprint density at radius 1 is 1.29 bits per heavy atom. The van der Waals surface area contributed by atoms with E-state index < -0.39 is 10.0 Å². The van der Waals surface area contributed by atoms with E-state index in [2.05, 4.69) is 19.2 Å². The molecule has 0 spiro atoms. The number of piperidine rings is 1. The second-order valence-electron chi connectivity index (χ2n) is 7.72. The Bertz CT molecular complexity index is 731. The van der Waals surface area contributed by atoms with Crippen LogP contribution in [0.4, 0.5) is 0 Å². The third kappa shape index (κ3) is 7.05. The molecule has 1 heterocycles. The van der Waals surface area contributed by atoms with Crippen molar-refractivity contribution in [3.63, 3.8) is 0 Å². The highest BCUT2D eigenvalue weighted by Crippen LogP contribution is 2.23. The standard InChI is InChI=1S/C21H33ClN2O3S/c1-3-5-7-17(4-2)15-23-21(25)19-10-12-24(13-11-19)28(26,27)16-18-8-6-9-20(22)14-18/h6,8-9,14,17,19H,3-5,7,10-13,15-16H2,1-2H3,(H,23,25)/t17-/m1/s1. The highest BCUT2D eigenvalue weighted by molar-refractivity contribution is 7.88. The van der Waals surface area contributed by atoms with Gasteiger partial charge >= 0.3 is 0 Å². The maximum absolute atomic E-state index is 12.7. The van der Waals surface area contributed by atoms with Crippen molar-refractivity contribution in [1.82, 2.24) is 9.62 Å². The molecule has 158 valence electrons. The number of amides is 1. The first kappa shape index (κ1) is 23.2. The van der Waals surface area contributed by atoms with E-state index in [9.17, 15) is 13.2 Å². The molecule has 1 aromatic carbocycles. The lowest BCUT2D eigenvalue weighted by molar-refractivity contribution is -0.126. The third-order valence-electron chi connectivity index (χ3n) is 5.56. The van der Waals surface area contributed by atoms with Gasteiger partial charge in [0.2, 0.25) is 15.9 Å². The zero-order valence-electron chi connectivity index (χ0n) is 17.0. The van der Waals surface area contributed by atoms with E-state index in [1.165, 1.54) is 17.1 Å². The highest BCUT2D eigenvalue weighted by atomic mass is 35.5. The Balaban J connectivity index is 1.81. The van der Waals surface area contributed by atoms with E-state index in [4.69, 9.17) is 11.6 Å². The minimum Gasteiger partial charge on any atom is -0.356 e. The molecule has 1 fully saturated rings. The van der Waals surface area contributed by atoms with Crippen LogP contribution >= 0.6 is 11.6 Å². The number of hydrogen-bond donors (Lipinski definition) is 1. The lowest BCUT2D eigenvalue weighted by Crippen LogP contribution is -2.44. The third-order valence-corrected chi connectivity index (χ3v) is 7.65. The van der Waals surface area contributed by atoms with Crippen molar-refractivity contribution in [1.29, 1.82) is 0 Å². The quantitative estimate of drug-likeness (QED) is 0.606. The first-order valence-electron chi connectivity index (χ1n) is 10.4. The van der Waals surface area contributed by atoms with Gasteiger partial charge in [0, 0.05) is 30.6 Å². The maximum atomic E-state index is 12.7. The van der Waals surface area contributed by atoms with Gasteiger partial charge in [-0.3, -0.25) is 4.79 Å². The minimum absolute atomic E-state index is 0.0555. The molecule has 2 rings (SSSR count). The normalized spacial score (nSPS) is 17.4. The zero-order valence-corrected chi connectivity index (χ0v) is 18.6. The van der Waals surface area contributed by atoms with Crippen LogP contribution in [-0.4, -0.2) is 38.3 Å². The molecule has 1 atom stereocenters. The zero-order chi connectivity index (χ0) is 20.6. The van der Waals surface area contributed by atoms with Crippen molar-refractivity contribution >= 4 is 27.5 Å². The molecule has 28 heavy (non-hydrogen) atoms. The van der Waals surface area contributed by atoms with Gasteiger partial charge < -0.3 is 5.32 Å². The van der Waals surface area contributed by atoms with Crippen LogP contribution in [0, 0.1) is 11.8 Å². The number of sulfonamides is 1. The summed E-state index contributed by atoms with van der Waals surface area (Å²) in [4.78, 5) is 12.5. The average Bonchev–Trinajstić information content (AvgIpc) is 2.67. The number of hydrogen-bond acceptors (Lipinski definition) is 3. The summed E-state index contributed by atoms with van der Waals surface area (Å²) in [6.45, 7) is 5.86. The van der Waals surface area contributed by atoms with Gasteiger partial charge in [0.25, 0.3) is 0 Å². The van der Waals surface area contributed by atoms with E-state index in [-0.39, 0.29) is 17.6 Å². The Morgan fingerprint density at radius 3 is 2.61 bits per heavy atom. The molecule has 5 nitrogen and oxygen atoms in total. The van der Waals surface area contributed by atoms with Crippen LogP contribution in [0.1, 0.15) is 57.9 Å². The van der Waals surface area contributed by atoms with Gasteiger partial charge in [-0.25, -0.2) is 12.7 Å². The molecular weight excluding hydrogens is 396 g/mol. The molecule has 0 aromatic heterocycles. The lowest BCUT2D eigenvalue weighted by Gasteiger charge is -2.31. The molecule has 0 radical (unpaired) electrons. The van der Waals surface area contributed by atoms with E-state index in [0.29, 0.717) is 42.4 Å². The summed E-state index contributed by atoms with van der Waals surface area (Å²) in [5, 5.41) is 3.62. The monoisotopic (exact) mass is 428 g/mol. The number of unbranched alkanes of at least 4 members (excludes halogenated alkanes) is 1. The summed E-state index contributed by atoms with van der Waals surface area (Å²) in [7, 11) is -3.40. The van der Waals surface area contributed by atoms with Gasteiger partial charge in [0.1, 0.15) is 0 Å². The predicted octanol–water partition coefficient (Wildman–Crippen LogP) is 4.21. The molecular formula is C21H33ClN2O3S. The molecule has 0 unspecified atom stereocenters. The Labute approximate surface area is 174 Å². The van der Waals surface area contributed by atoms with Crippen molar-refractivity contribution in [2.24, 2.45) is 11.8 Å². The van der Waals surface area contributed by atoms with Gasteiger partial charge in [0.05, 0.1) is 5.75 Å². The molecule has 7 heteroatoms. The molecule has 1 aliphatic rings. The van der Waals surface area contributed by atoms with Crippen molar-refractivity contribution in [2.75, 3.05) is 19.6 Å². The number of nitrogens with zero attached hydrogens (tertiary/aromatic N) is 1. The number of carbonyl (C=O) groups excluding carboxylic acids is 1. The van der Waals surface area contributed by atoms with Crippen molar-refractivity contribution < 1.29 is 13.2 Å². The van der Waals surface area contributed by atoms with E-state index in [1.54, 1.807) is 24.3 Å². The fourth-order valence-electron chi connectivity index (χ4n) is 3.66. The van der Waals surface area contributed by atoms with Crippen molar-refractivity contribution in [3.05, 3.63) is 34.9 Å². The van der Waals surface area contributed by atoms with Gasteiger partial charge in [0.15, 0.2) is 0 Å². The summed E-state index contributed by atoms with van der Waals surface area (Å²) >= 11 is 5.95. The molecule has 0 saturated carbocycles. The number of carbonyl (C=O) groups is 1. The van der Waals surface area contributed by atoms with Crippen molar-refractivity contribution in [2.45, 2.75) is 58.1 Å².